The van der Waals surface area contributed by atoms with Crippen LogP contribution < -0.4 is 10.1 Å². The van der Waals surface area contributed by atoms with Crippen LogP contribution in [0.2, 0.25) is 10.0 Å². The predicted molar refractivity (Wildman–Crippen MR) is 171 cm³/mol. The Labute approximate surface area is 264 Å². The van der Waals surface area contributed by atoms with Crippen molar-refractivity contribution in [1.29, 1.82) is 0 Å². The third kappa shape index (κ3) is 4.13. The minimum absolute atomic E-state index is 0.174. The number of para-hydroxylation sites is 1. The highest BCUT2D eigenvalue weighted by atomic mass is 35.5. The van der Waals surface area contributed by atoms with Gasteiger partial charge in [0.2, 0.25) is 5.91 Å². The van der Waals surface area contributed by atoms with Gasteiger partial charge in [0, 0.05) is 28.0 Å². The number of hydrogen-bond acceptors (Lipinski definition) is 5. The monoisotopic (exact) mass is 620 g/mol. The van der Waals surface area contributed by atoms with E-state index in [-0.39, 0.29) is 28.1 Å². The Balaban J connectivity index is 1.49. The van der Waals surface area contributed by atoms with E-state index in [0.29, 0.717) is 34.2 Å². The number of anilines is 1. The van der Waals surface area contributed by atoms with Crippen LogP contribution in [-0.4, -0.2) is 35.0 Å². The van der Waals surface area contributed by atoms with Crippen LogP contribution in [0.15, 0.2) is 110 Å². The average Bonchev–Trinajstić information content (AvgIpc) is 3.51. The van der Waals surface area contributed by atoms with Crippen molar-refractivity contribution in [3.8, 4) is 5.75 Å². The average molecular weight is 622 g/mol. The fourth-order valence-electron chi connectivity index (χ4n) is 7.07. The molecule has 0 unspecified atom stereocenters. The first-order chi connectivity index (χ1) is 21.4. The maximum absolute atomic E-state index is 14.9. The fourth-order valence-corrected chi connectivity index (χ4v) is 7.57. The fraction of sp³-hybridized carbons (Fsp3) is 0.139. The lowest BCUT2D eigenvalue weighted by Crippen LogP contribution is -2.49. The number of nitrogens with one attached hydrogen (secondary N) is 1. The highest BCUT2D eigenvalue weighted by molar-refractivity contribution is 6.37. The largest absolute Gasteiger partial charge is 0.490 e. The van der Waals surface area contributed by atoms with E-state index < -0.39 is 23.4 Å². The number of fused-ring (bicyclic) bond motifs is 6. The van der Waals surface area contributed by atoms with Crippen LogP contribution in [-0.2, 0) is 10.2 Å². The van der Waals surface area contributed by atoms with E-state index in [0.717, 1.165) is 11.1 Å². The van der Waals surface area contributed by atoms with Gasteiger partial charge in [-0.25, -0.2) is 0 Å². The van der Waals surface area contributed by atoms with Gasteiger partial charge < -0.3 is 15.0 Å². The summed E-state index contributed by atoms with van der Waals surface area (Å²) in [4.78, 5) is 46.1. The maximum Gasteiger partial charge on any atom is 0.238 e. The van der Waals surface area contributed by atoms with Crippen molar-refractivity contribution in [3.63, 3.8) is 0 Å². The summed E-state index contributed by atoms with van der Waals surface area (Å²) in [7, 11) is 0. The lowest BCUT2D eigenvalue weighted by Gasteiger charge is -2.38. The molecule has 3 heterocycles. The summed E-state index contributed by atoms with van der Waals surface area (Å²) >= 11 is 12.8. The Bertz CT molecular complexity index is 1890. The van der Waals surface area contributed by atoms with Crippen molar-refractivity contribution in [2.45, 2.75) is 17.5 Å². The number of carbonyl (C=O) groups excluding carboxylic acids is 3. The number of ketones is 2. The Morgan fingerprint density at radius 3 is 2.48 bits per heavy atom. The Morgan fingerprint density at radius 1 is 0.955 bits per heavy atom. The molecule has 1 N–H and O–H groups in total. The van der Waals surface area contributed by atoms with Crippen LogP contribution in [0, 0.1) is 5.92 Å². The van der Waals surface area contributed by atoms with Crippen molar-refractivity contribution in [1.82, 2.24) is 4.90 Å². The predicted octanol–water partition coefficient (Wildman–Crippen LogP) is 7.54. The number of Topliss-reactive ketones (excluding diaryl/α,β-unsaturated/α-hetero) is 2. The van der Waals surface area contributed by atoms with Crippen LogP contribution in [0.3, 0.4) is 0 Å². The van der Waals surface area contributed by atoms with Crippen molar-refractivity contribution in [2.75, 3.05) is 11.9 Å². The summed E-state index contributed by atoms with van der Waals surface area (Å²) in [5.74, 6) is -1.59. The van der Waals surface area contributed by atoms with Gasteiger partial charge in [-0.05, 0) is 71.3 Å². The molecule has 44 heavy (non-hydrogen) atoms. The number of hydrogen-bond donors (Lipinski definition) is 1. The molecule has 0 aliphatic carbocycles. The van der Waals surface area contributed by atoms with Gasteiger partial charge in [0.15, 0.2) is 11.6 Å². The molecule has 1 amide bonds. The summed E-state index contributed by atoms with van der Waals surface area (Å²) in [6.45, 7) is 3.99. The number of amides is 1. The zero-order chi connectivity index (χ0) is 30.6. The molecule has 4 aromatic carbocycles. The van der Waals surface area contributed by atoms with Gasteiger partial charge in [-0.3, -0.25) is 14.4 Å². The van der Waals surface area contributed by atoms with Crippen molar-refractivity contribution in [3.05, 3.63) is 148 Å². The van der Waals surface area contributed by atoms with Crippen LogP contribution in [0.5, 0.6) is 5.75 Å². The van der Waals surface area contributed by atoms with E-state index in [1.165, 1.54) is 6.07 Å². The second kappa shape index (κ2) is 10.8. The molecule has 3 aliphatic rings. The minimum atomic E-state index is -1.44. The molecule has 218 valence electrons. The first kappa shape index (κ1) is 28.1. The molecule has 1 saturated heterocycles. The minimum Gasteiger partial charge on any atom is -0.490 e. The van der Waals surface area contributed by atoms with Crippen LogP contribution in [0.1, 0.15) is 43.4 Å². The lowest BCUT2D eigenvalue weighted by atomic mass is 9.62. The second-order valence-corrected chi connectivity index (χ2v) is 11.9. The van der Waals surface area contributed by atoms with Crippen LogP contribution >= 0.6 is 23.2 Å². The van der Waals surface area contributed by atoms with E-state index >= 15 is 0 Å². The molecule has 8 heteroatoms. The maximum atomic E-state index is 14.9. The third-order valence-corrected chi connectivity index (χ3v) is 9.37. The van der Waals surface area contributed by atoms with Crippen LogP contribution in [0.4, 0.5) is 5.69 Å². The molecule has 3 aliphatic heterocycles. The van der Waals surface area contributed by atoms with Gasteiger partial charge in [0.25, 0.3) is 0 Å². The zero-order valence-electron chi connectivity index (χ0n) is 23.4. The first-order valence-electron chi connectivity index (χ1n) is 14.2. The topological polar surface area (TPSA) is 75.7 Å². The number of ether oxygens (including phenoxy) is 1. The van der Waals surface area contributed by atoms with Crippen molar-refractivity contribution >= 4 is 52.4 Å². The molecule has 7 rings (SSSR count). The van der Waals surface area contributed by atoms with Crippen molar-refractivity contribution < 1.29 is 19.1 Å². The molecule has 4 aromatic rings. The van der Waals surface area contributed by atoms with Gasteiger partial charge in [-0.2, -0.15) is 0 Å². The van der Waals surface area contributed by atoms with Crippen LogP contribution in [0.25, 0.3) is 6.08 Å². The number of benzene rings is 4. The highest BCUT2D eigenvalue weighted by Gasteiger charge is 2.70. The molecule has 0 bridgehead atoms. The van der Waals surface area contributed by atoms with Gasteiger partial charge in [0.05, 0.1) is 17.0 Å². The summed E-state index contributed by atoms with van der Waals surface area (Å²) < 4.78 is 5.64. The van der Waals surface area contributed by atoms with E-state index in [4.69, 9.17) is 27.9 Å². The first-order valence-corrected chi connectivity index (χ1v) is 14.9. The molecule has 0 saturated carbocycles. The van der Waals surface area contributed by atoms with Gasteiger partial charge >= 0.3 is 0 Å². The normalized spacial score (nSPS) is 22.6. The molecule has 0 radical (unpaired) electrons. The highest BCUT2D eigenvalue weighted by Crippen LogP contribution is 2.62. The molecular weight excluding hydrogens is 595 g/mol. The summed E-state index contributed by atoms with van der Waals surface area (Å²) in [5.41, 5.74) is 2.20. The van der Waals surface area contributed by atoms with E-state index in [1.54, 1.807) is 42.5 Å². The standard InChI is InChI=1S/C36H26Cl2N2O4/c1-2-19-44-24-14-11-22(12-15-24)32(41)30-31(33(42)26-16-13-23(37)20-28(26)38)40-18-17-21-7-3-4-8-25(21)34(40)36(30)27-9-5-6-10-29(27)39-35(36)43/h2-18,20,30-31,34H,1,19H2,(H,39,43)/t30-,31+,34-,36+/m0/s1. The molecule has 1 spiro atoms. The number of carbonyl (C=O) groups is 3. The Morgan fingerprint density at radius 2 is 1.70 bits per heavy atom. The molecule has 4 atom stereocenters. The number of rotatable bonds is 7. The third-order valence-electron chi connectivity index (χ3n) is 8.82. The SMILES string of the molecule is C=CCOc1ccc(C(=O)[C@@H]2[C@H](C(=O)c3ccc(Cl)cc3Cl)N3C=Cc4ccccc4[C@H]3[C@]23C(=O)Nc2ccccc23)cc1. The van der Waals surface area contributed by atoms with Gasteiger partial charge in [-0.15, -0.1) is 0 Å². The van der Waals surface area contributed by atoms with Crippen molar-refractivity contribution in [2.24, 2.45) is 5.92 Å². The van der Waals surface area contributed by atoms with Gasteiger partial charge in [0.1, 0.15) is 23.8 Å². The second-order valence-electron chi connectivity index (χ2n) is 11.1. The van der Waals surface area contributed by atoms with E-state index in [1.807, 2.05) is 65.7 Å². The van der Waals surface area contributed by atoms with E-state index in [2.05, 4.69) is 11.9 Å². The molecule has 0 aromatic heterocycles. The molecule has 6 nitrogen and oxygen atoms in total. The molecule has 1 fully saturated rings. The summed E-state index contributed by atoms with van der Waals surface area (Å²) in [6.07, 6.45) is 5.38. The zero-order valence-corrected chi connectivity index (χ0v) is 24.9. The quantitative estimate of drug-likeness (QED) is 0.171. The summed E-state index contributed by atoms with van der Waals surface area (Å²) in [5, 5.41) is 3.61. The van der Waals surface area contributed by atoms with E-state index in [9.17, 15) is 14.4 Å². The lowest BCUT2D eigenvalue weighted by molar-refractivity contribution is -0.122. The summed E-state index contributed by atoms with van der Waals surface area (Å²) in [6, 6.07) is 24.9. The smallest absolute Gasteiger partial charge is 0.238 e. The number of halogens is 2. The Hall–Kier alpha value is -4.65. The Kier molecular flexibility index (Phi) is 6.91. The number of nitrogens with zero attached hydrogens (tertiary/aromatic N) is 1. The molecular formula is C36H26Cl2N2O4. The van der Waals surface area contributed by atoms with Gasteiger partial charge in [-0.1, -0.05) is 78.3 Å².